The molecule has 3 heterocycles. The summed E-state index contributed by atoms with van der Waals surface area (Å²) in [6.45, 7) is 6.17. The lowest BCUT2D eigenvalue weighted by atomic mass is 10.0. The molecule has 0 aliphatic carbocycles. The molecule has 1 atom stereocenters. The van der Waals surface area contributed by atoms with Gasteiger partial charge in [0.1, 0.15) is 11.6 Å². The van der Waals surface area contributed by atoms with Crippen LogP contribution in [0.15, 0.2) is 42.6 Å². The van der Waals surface area contributed by atoms with Gasteiger partial charge in [0.05, 0.1) is 29.2 Å². The molecule has 38 heavy (non-hydrogen) atoms. The molecule has 0 saturated heterocycles. The highest BCUT2D eigenvalue weighted by Gasteiger charge is 2.31. The van der Waals surface area contributed by atoms with Gasteiger partial charge in [-0.3, -0.25) is 14.6 Å². The third kappa shape index (κ3) is 5.88. The average Bonchev–Trinajstić information content (AvgIpc) is 3.20. The van der Waals surface area contributed by atoms with E-state index in [-0.39, 0.29) is 17.0 Å². The zero-order valence-electron chi connectivity index (χ0n) is 20.6. The number of alkyl halides is 3. The fourth-order valence-electron chi connectivity index (χ4n) is 3.88. The van der Waals surface area contributed by atoms with E-state index in [1.54, 1.807) is 32.0 Å². The van der Waals surface area contributed by atoms with Crippen molar-refractivity contribution in [2.24, 2.45) is 0 Å². The molecular weight excluding hydrogens is 508 g/mol. The molecule has 9 nitrogen and oxygen atoms in total. The molecule has 0 bridgehead atoms. The number of halogens is 4. The fourth-order valence-corrected chi connectivity index (χ4v) is 3.88. The number of aryl methyl sites for hydroxylation is 2. The van der Waals surface area contributed by atoms with Crippen molar-refractivity contribution in [2.45, 2.75) is 40.1 Å². The van der Waals surface area contributed by atoms with E-state index in [1.165, 1.54) is 24.6 Å². The highest BCUT2D eigenvalue weighted by Crippen LogP contribution is 2.28. The minimum atomic E-state index is -4.94. The molecule has 1 unspecified atom stereocenters. The van der Waals surface area contributed by atoms with Gasteiger partial charge < -0.3 is 15.4 Å². The summed E-state index contributed by atoms with van der Waals surface area (Å²) < 4.78 is 57.5. The number of pyridine rings is 1. The summed E-state index contributed by atoms with van der Waals surface area (Å²) in [7, 11) is 0. The van der Waals surface area contributed by atoms with Crippen LogP contribution in [0.2, 0.25) is 0 Å². The minimum absolute atomic E-state index is 0.173. The molecule has 3 aromatic heterocycles. The van der Waals surface area contributed by atoms with Crippen LogP contribution in [0.1, 0.15) is 47.2 Å². The Labute approximate surface area is 213 Å². The quantitative estimate of drug-likeness (QED) is 0.344. The van der Waals surface area contributed by atoms with Gasteiger partial charge in [-0.15, -0.1) is 13.2 Å². The zero-order chi connectivity index (χ0) is 27.8. The van der Waals surface area contributed by atoms with Gasteiger partial charge in [-0.1, -0.05) is 0 Å². The maximum Gasteiger partial charge on any atom is 0.573 e. The van der Waals surface area contributed by atoms with Gasteiger partial charge >= 0.3 is 6.36 Å². The first-order valence-electron chi connectivity index (χ1n) is 11.3. The number of nitrogens with one attached hydrogen (secondary N) is 2. The second kappa shape index (κ2) is 10.1. The molecule has 0 saturated carbocycles. The van der Waals surface area contributed by atoms with Crippen LogP contribution in [0.4, 0.5) is 23.4 Å². The van der Waals surface area contributed by atoms with Crippen LogP contribution in [-0.2, 0) is 4.79 Å². The molecule has 0 fully saturated rings. The number of hydrogen-bond donors (Lipinski definition) is 2. The Kier molecular flexibility index (Phi) is 7.03. The Morgan fingerprint density at radius 3 is 2.47 bits per heavy atom. The van der Waals surface area contributed by atoms with E-state index < -0.39 is 29.9 Å². The van der Waals surface area contributed by atoms with Crippen molar-refractivity contribution in [1.82, 2.24) is 24.9 Å². The molecule has 0 radical (unpaired) electrons. The largest absolute Gasteiger partial charge is 0.573 e. The van der Waals surface area contributed by atoms with Crippen molar-refractivity contribution in [2.75, 3.05) is 5.32 Å². The van der Waals surface area contributed by atoms with E-state index in [9.17, 15) is 27.2 Å². The summed E-state index contributed by atoms with van der Waals surface area (Å²) in [4.78, 5) is 33.1. The molecule has 0 aliphatic rings. The van der Waals surface area contributed by atoms with Gasteiger partial charge in [-0.25, -0.2) is 13.9 Å². The predicted molar refractivity (Wildman–Crippen MR) is 129 cm³/mol. The van der Waals surface area contributed by atoms with Crippen LogP contribution >= 0.6 is 0 Å². The highest BCUT2D eigenvalue weighted by molar-refractivity contribution is 5.96. The molecule has 4 aromatic rings. The molecule has 1 aromatic carbocycles. The first-order chi connectivity index (χ1) is 17.8. The molecule has 4 rings (SSSR count). The van der Waals surface area contributed by atoms with Crippen molar-refractivity contribution in [1.29, 1.82) is 0 Å². The van der Waals surface area contributed by atoms with Crippen LogP contribution in [0.5, 0.6) is 5.75 Å². The van der Waals surface area contributed by atoms with E-state index in [0.717, 1.165) is 18.2 Å². The number of fused-ring (bicyclic) bond motifs is 1. The highest BCUT2D eigenvalue weighted by atomic mass is 19.4. The van der Waals surface area contributed by atoms with Gasteiger partial charge in [0.25, 0.3) is 5.91 Å². The number of benzene rings is 1. The maximum absolute atomic E-state index is 14.4. The van der Waals surface area contributed by atoms with Crippen LogP contribution in [-0.4, -0.2) is 37.8 Å². The van der Waals surface area contributed by atoms with E-state index >= 15 is 0 Å². The Balaban J connectivity index is 1.62. The Morgan fingerprint density at radius 1 is 1.05 bits per heavy atom. The summed E-state index contributed by atoms with van der Waals surface area (Å²) in [6.07, 6.45) is -3.40. The van der Waals surface area contributed by atoms with E-state index in [0.29, 0.717) is 34.1 Å². The van der Waals surface area contributed by atoms with Crippen molar-refractivity contribution in [3.05, 3.63) is 70.9 Å². The monoisotopic (exact) mass is 530 g/mol. The lowest BCUT2D eigenvalue weighted by Crippen LogP contribution is -2.28. The normalized spacial score (nSPS) is 12.3. The van der Waals surface area contributed by atoms with Crippen molar-refractivity contribution in [3.8, 4) is 17.0 Å². The van der Waals surface area contributed by atoms with E-state index in [1.807, 2.05) is 0 Å². The number of aromatic nitrogens is 4. The van der Waals surface area contributed by atoms with Crippen LogP contribution in [0.25, 0.3) is 16.9 Å². The lowest BCUT2D eigenvalue weighted by Gasteiger charge is -2.18. The number of hydrogen-bond acceptors (Lipinski definition) is 6. The van der Waals surface area contributed by atoms with Crippen LogP contribution in [0.3, 0.4) is 0 Å². The van der Waals surface area contributed by atoms with Crippen molar-refractivity contribution in [3.63, 3.8) is 0 Å². The topological polar surface area (TPSA) is 111 Å². The first kappa shape index (κ1) is 26.5. The summed E-state index contributed by atoms with van der Waals surface area (Å²) in [5.74, 6) is -1.97. The van der Waals surface area contributed by atoms with Gasteiger partial charge in [0, 0.05) is 23.7 Å². The number of anilines is 1. The molecule has 0 aliphatic heterocycles. The molecule has 2 N–H and O–H groups in total. The molecular formula is C25H22F4N6O3. The Morgan fingerprint density at radius 2 is 1.79 bits per heavy atom. The number of amides is 2. The number of carbonyl (C=O) groups is 2. The summed E-state index contributed by atoms with van der Waals surface area (Å²) in [5.41, 5.74) is 2.47. The van der Waals surface area contributed by atoms with E-state index in [4.69, 9.17) is 0 Å². The second-order valence-corrected chi connectivity index (χ2v) is 8.51. The van der Waals surface area contributed by atoms with Gasteiger partial charge in [0.15, 0.2) is 11.5 Å². The first-order valence-corrected chi connectivity index (χ1v) is 11.3. The Hall–Kier alpha value is -4.55. The molecule has 2 amide bonds. The molecule has 198 valence electrons. The smallest absolute Gasteiger partial charge is 0.406 e. The van der Waals surface area contributed by atoms with Gasteiger partial charge in [-0.2, -0.15) is 5.10 Å². The second-order valence-electron chi connectivity index (χ2n) is 8.51. The summed E-state index contributed by atoms with van der Waals surface area (Å²) in [5, 5.41) is 9.68. The lowest BCUT2D eigenvalue weighted by molar-refractivity contribution is -0.274. The van der Waals surface area contributed by atoms with Gasteiger partial charge in [0.2, 0.25) is 5.91 Å². The molecule has 0 spiro atoms. The standard InChI is InChI=1S/C25H22F4N6O3/c1-12(17-9-16(5-6-20(17)26)38-25(27,28)29)31-24(37)19-10-18(13(2)30-14(19)3)21-7-8-23-33-22(32-15(4)36)11-35(23)34-21/h5-12H,1-4H3,(H,31,37)(H,32,36). The zero-order valence-corrected chi connectivity index (χ0v) is 20.6. The Bertz CT molecular complexity index is 1550. The predicted octanol–water partition coefficient (Wildman–Crippen LogP) is 4.90. The number of rotatable bonds is 6. The van der Waals surface area contributed by atoms with Crippen LogP contribution < -0.4 is 15.4 Å². The minimum Gasteiger partial charge on any atom is -0.406 e. The van der Waals surface area contributed by atoms with E-state index in [2.05, 4.69) is 30.4 Å². The van der Waals surface area contributed by atoms with Crippen molar-refractivity contribution < 1.29 is 31.9 Å². The fraction of sp³-hybridized carbons (Fsp3) is 0.240. The summed E-state index contributed by atoms with van der Waals surface area (Å²) in [6, 6.07) is 6.54. The number of ether oxygens (including phenoxy) is 1. The number of carbonyl (C=O) groups excluding carboxylic acids is 2. The maximum atomic E-state index is 14.4. The van der Waals surface area contributed by atoms with Crippen LogP contribution in [0, 0.1) is 19.7 Å². The van der Waals surface area contributed by atoms with Crippen molar-refractivity contribution >= 4 is 23.3 Å². The average molecular weight is 530 g/mol. The number of imidazole rings is 1. The molecule has 13 heteroatoms. The van der Waals surface area contributed by atoms with Gasteiger partial charge in [-0.05, 0) is 57.2 Å². The summed E-state index contributed by atoms with van der Waals surface area (Å²) >= 11 is 0. The third-order valence-corrected chi connectivity index (χ3v) is 5.56. The third-order valence-electron chi connectivity index (χ3n) is 5.56. The number of nitrogens with zero attached hydrogens (tertiary/aromatic N) is 4. The SMILES string of the molecule is CC(=O)Nc1cn2nc(-c3cc(C(=O)NC(C)c4cc(OC(F)(F)F)ccc4F)c(C)nc3C)ccc2n1.